The monoisotopic (exact) mass is 428 g/mol. The fraction of sp³-hybridized carbons (Fsp3) is 0.833. The summed E-state index contributed by atoms with van der Waals surface area (Å²) in [5, 5.41) is 6.44. The summed E-state index contributed by atoms with van der Waals surface area (Å²) in [4.78, 5) is 38.0. The number of nitrogens with one attached hydrogen (secondary N) is 1. The Bertz CT molecular complexity index is 663. The topological polar surface area (TPSA) is 158 Å². The molecule has 1 aliphatic carbocycles. The zero-order valence-corrected chi connectivity index (χ0v) is 17.3. The van der Waals surface area contributed by atoms with Crippen LogP contribution >= 0.6 is 0 Å². The van der Waals surface area contributed by atoms with Crippen LogP contribution in [0, 0.1) is 0 Å². The van der Waals surface area contributed by atoms with Crippen LogP contribution in [0.3, 0.4) is 0 Å². The zero-order valence-electron chi connectivity index (χ0n) is 17.3. The molecule has 2 fully saturated rings. The minimum atomic E-state index is -1.16. The maximum Gasteiger partial charge on any atom is 0.407 e. The molecule has 1 saturated heterocycles. The van der Waals surface area contributed by atoms with Crippen molar-refractivity contribution in [2.24, 2.45) is 5.11 Å². The minimum Gasteiger partial charge on any atom is -0.459 e. The molecule has 12 heteroatoms. The molecule has 0 aromatic rings. The predicted octanol–water partition coefficient (Wildman–Crippen LogP) is 1.96. The molecule has 2 aliphatic rings. The van der Waals surface area contributed by atoms with Crippen molar-refractivity contribution in [1.29, 1.82) is 0 Å². The van der Waals surface area contributed by atoms with E-state index >= 15 is 0 Å². The Hall–Kier alpha value is -2.56. The Morgan fingerprint density at radius 1 is 1.10 bits per heavy atom. The van der Waals surface area contributed by atoms with Gasteiger partial charge in [-0.15, -0.1) is 0 Å². The molecule has 2 rings (SSSR count). The summed E-state index contributed by atoms with van der Waals surface area (Å²) < 4.78 is 26.6. The third kappa shape index (κ3) is 6.75. The van der Waals surface area contributed by atoms with E-state index in [-0.39, 0.29) is 12.6 Å². The predicted molar refractivity (Wildman–Crippen MR) is 101 cm³/mol. The fourth-order valence-corrected chi connectivity index (χ4v) is 3.68. The summed E-state index contributed by atoms with van der Waals surface area (Å²) in [5.74, 6) is -1.33. The van der Waals surface area contributed by atoms with Crippen molar-refractivity contribution in [3.05, 3.63) is 10.4 Å². The van der Waals surface area contributed by atoms with Crippen LogP contribution in [-0.2, 0) is 33.3 Å². The van der Waals surface area contributed by atoms with Gasteiger partial charge < -0.3 is 29.0 Å². The first-order valence-electron chi connectivity index (χ1n) is 9.86. The van der Waals surface area contributed by atoms with E-state index in [4.69, 9.17) is 29.2 Å². The third-order valence-electron chi connectivity index (χ3n) is 4.94. The Balaban J connectivity index is 2.12. The molecule has 1 N–H and O–H groups in total. The van der Waals surface area contributed by atoms with Crippen LogP contribution in [0.1, 0.15) is 46.0 Å². The average Bonchev–Trinajstić information content (AvgIpc) is 2.69. The standard InChI is InChI=1S/C18H28N4O8/c1-10(23)28-15-13(9-27-18(25)20-12-7-5-4-6-8-12)30-17(26-3)16(29-11(2)24)14(15)21-22-19/h12-17H,4-9H2,1-3H3,(H,20,25)/t13-,14+,15-,16-,17-/m1/s1. The smallest absolute Gasteiger partial charge is 0.407 e. The SMILES string of the molecule is CO[C@@H]1O[C@H](COC(=O)NC2CCCCC2)[C@@H](OC(C)=O)[C@H](N=[N+]=[N-])[C@H]1OC(C)=O. The lowest BCUT2D eigenvalue weighted by Gasteiger charge is -2.42. The number of carbonyl (C=O) groups excluding carboxylic acids is 3. The number of methoxy groups -OCH3 is 1. The van der Waals surface area contributed by atoms with E-state index in [1.54, 1.807) is 0 Å². The largest absolute Gasteiger partial charge is 0.459 e. The zero-order chi connectivity index (χ0) is 22.1. The molecule has 0 bridgehead atoms. The molecule has 1 amide bonds. The summed E-state index contributed by atoms with van der Waals surface area (Å²) >= 11 is 0. The van der Waals surface area contributed by atoms with E-state index in [9.17, 15) is 14.4 Å². The van der Waals surface area contributed by atoms with Gasteiger partial charge in [-0.25, -0.2) is 4.79 Å². The van der Waals surface area contributed by atoms with Crippen LogP contribution in [0.2, 0.25) is 0 Å². The molecule has 1 aliphatic heterocycles. The Kier molecular flexibility index (Phi) is 9.15. The molecule has 12 nitrogen and oxygen atoms in total. The van der Waals surface area contributed by atoms with Crippen LogP contribution in [-0.4, -0.2) is 68.4 Å². The van der Waals surface area contributed by atoms with E-state index in [1.807, 2.05) is 0 Å². The number of hydrogen-bond acceptors (Lipinski definition) is 9. The number of hydrogen-bond donors (Lipinski definition) is 1. The highest BCUT2D eigenvalue weighted by Crippen LogP contribution is 2.29. The maximum absolute atomic E-state index is 12.2. The van der Waals surface area contributed by atoms with Gasteiger partial charge in [-0.2, -0.15) is 0 Å². The van der Waals surface area contributed by atoms with Gasteiger partial charge in [0.15, 0.2) is 12.4 Å². The number of carbonyl (C=O) groups is 3. The van der Waals surface area contributed by atoms with Gasteiger partial charge in [0.25, 0.3) is 0 Å². The van der Waals surface area contributed by atoms with Gasteiger partial charge in [-0.05, 0) is 18.4 Å². The third-order valence-corrected chi connectivity index (χ3v) is 4.94. The number of amides is 1. The number of esters is 2. The molecular weight excluding hydrogens is 400 g/mol. The van der Waals surface area contributed by atoms with E-state index in [2.05, 4.69) is 15.3 Å². The molecule has 0 unspecified atom stereocenters. The molecular formula is C18H28N4O8. The number of nitrogens with zero attached hydrogens (tertiary/aromatic N) is 3. The molecule has 168 valence electrons. The Labute approximate surface area is 174 Å². The lowest BCUT2D eigenvalue weighted by molar-refractivity contribution is -0.274. The Morgan fingerprint density at radius 3 is 2.30 bits per heavy atom. The van der Waals surface area contributed by atoms with Crippen molar-refractivity contribution in [2.45, 2.75) is 82.6 Å². The van der Waals surface area contributed by atoms with Crippen LogP contribution in [0.4, 0.5) is 4.79 Å². The molecule has 30 heavy (non-hydrogen) atoms. The molecule has 0 aromatic heterocycles. The lowest BCUT2D eigenvalue weighted by Crippen LogP contribution is -2.61. The summed E-state index contributed by atoms with van der Waals surface area (Å²) in [6, 6.07) is -1.09. The highest BCUT2D eigenvalue weighted by atomic mass is 16.7. The van der Waals surface area contributed by atoms with Crippen LogP contribution in [0.25, 0.3) is 10.4 Å². The summed E-state index contributed by atoms with van der Waals surface area (Å²) in [6.45, 7) is 2.05. The quantitative estimate of drug-likeness (QED) is 0.212. The number of alkyl carbamates (subject to hydrolysis) is 1. The van der Waals surface area contributed by atoms with Gasteiger partial charge in [-0.3, -0.25) is 9.59 Å². The normalized spacial score (nSPS) is 29.2. The van der Waals surface area contributed by atoms with E-state index < -0.39 is 48.7 Å². The van der Waals surface area contributed by atoms with Gasteiger partial charge in [0.1, 0.15) is 24.9 Å². The lowest BCUT2D eigenvalue weighted by atomic mass is 9.96. The molecule has 0 aromatic carbocycles. The molecule has 0 spiro atoms. The van der Waals surface area contributed by atoms with Crippen molar-refractivity contribution in [3.63, 3.8) is 0 Å². The number of ether oxygens (including phenoxy) is 5. The van der Waals surface area contributed by atoms with Crippen LogP contribution in [0.15, 0.2) is 5.11 Å². The van der Waals surface area contributed by atoms with Gasteiger partial charge >= 0.3 is 18.0 Å². The number of azide groups is 1. The van der Waals surface area contributed by atoms with E-state index in [0.29, 0.717) is 0 Å². The van der Waals surface area contributed by atoms with E-state index in [0.717, 1.165) is 32.1 Å². The summed E-state index contributed by atoms with van der Waals surface area (Å²) in [5.41, 5.74) is 8.97. The second-order valence-electron chi connectivity index (χ2n) is 7.20. The van der Waals surface area contributed by atoms with Gasteiger partial charge in [0.05, 0.1) is 0 Å². The summed E-state index contributed by atoms with van der Waals surface area (Å²) in [6.07, 6.45) is -0.0295. The average molecular weight is 428 g/mol. The molecule has 5 atom stereocenters. The van der Waals surface area contributed by atoms with Crippen molar-refractivity contribution < 1.29 is 38.1 Å². The molecule has 0 radical (unpaired) electrons. The maximum atomic E-state index is 12.2. The van der Waals surface area contributed by atoms with Crippen LogP contribution < -0.4 is 5.32 Å². The minimum absolute atomic E-state index is 0.0544. The first kappa shape index (κ1) is 23.7. The first-order chi connectivity index (χ1) is 14.3. The second-order valence-corrected chi connectivity index (χ2v) is 7.20. The highest BCUT2D eigenvalue weighted by molar-refractivity contribution is 5.68. The molecule has 1 heterocycles. The van der Waals surface area contributed by atoms with E-state index in [1.165, 1.54) is 21.0 Å². The number of rotatable bonds is 7. The van der Waals surface area contributed by atoms with Crippen LogP contribution in [0.5, 0.6) is 0 Å². The van der Waals surface area contributed by atoms with Gasteiger partial charge in [-0.1, -0.05) is 24.4 Å². The summed E-state index contributed by atoms with van der Waals surface area (Å²) in [7, 11) is 1.31. The highest BCUT2D eigenvalue weighted by Gasteiger charge is 2.50. The van der Waals surface area contributed by atoms with Gasteiger partial charge in [0.2, 0.25) is 0 Å². The van der Waals surface area contributed by atoms with Crippen molar-refractivity contribution in [2.75, 3.05) is 13.7 Å². The van der Waals surface area contributed by atoms with Crippen molar-refractivity contribution >= 4 is 18.0 Å². The van der Waals surface area contributed by atoms with Crippen molar-refractivity contribution in [1.82, 2.24) is 5.32 Å². The molecule has 1 saturated carbocycles. The fourth-order valence-electron chi connectivity index (χ4n) is 3.68. The second kappa shape index (κ2) is 11.6. The first-order valence-corrected chi connectivity index (χ1v) is 9.86. The van der Waals surface area contributed by atoms with Crippen molar-refractivity contribution in [3.8, 4) is 0 Å². The Morgan fingerprint density at radius 2 is 1.73 bits per heavy atom. The van der Waals surface area contributed by atoms with Gasteiger partial charge in [0, 0.05) is 31.9 Å².